The van der Waals surface area contributed by atoms with Gasteiger partial charge >= 0.3 is 0 Å². The fourth-order valence-corrected chi connectivity index (χ4v) is 3.22. The molecule has 7 nitrogen and oxygen atoms in total. The van der Waals surface area contributed by atoms with Gasteiger partial charge < -0.3 is 9.47 Å². The molecule has 1 aromatic heterocycles. The SMILES string of the molecule is COCCN1CCN(Cc2ccc(OC)c(-c3ncnn3C)c2)CC1. The molecule has 0 spiro atoms. The molecule has 1 saturated heterocycles. The average Bonchev–Trinajstić information content (AvgIpc) is 3.07. The maximum Gasteiger partial charge on any atom is 0.161 e. The van der Waals surface area contributed by atoms with Crippen molar-refractivity contribution >= 4 is 0 Å². The van der Waals surface area contributed by atoms with Crippen LogP contribution in [0.1, 0.15) is 5.56 Å². The van der Waals surface area contributed by atoms with Crippen LogP contribution in [-0.4, -0.2) is 78.1 Å². The van der Waals surface area contributed by atoms with Crippen LogP contribution in [0.5, 0.6) is 5.75 Å². The summed E-state index contributed by atoms with van der Waals surface area (Å²) in [5, 5.41) is 4.17. The molecule has 2 aromatic rings. The van der Waals surface area contributed by atoms with Crippen LogP contribution in [0.4, 0.5) is 0 Å². The first-order valence-electron chi connectivity index (χ1n) is 8.66. The van der Waals surface area contributed by atoms with E-state index in [1.54, 1.807) is 25.2 Å². The molecular formula is C18H27N5O2. The van der Waals surface area contributed by atoms with Crippen LogP contribution in [0.15, 0.2) is 24.5 Å². The lowest BCUT2D eigenvalue weighted by Gasteiger charge is -2.34. The third-order valence-corrected chi connectivity index (χ3v) is 4.70. The molecule has 0 radical (unpaired) electrons. The standard InChI is InChI=1S/C18H27N5O2/c1-21-18(19-14-20-21)16-12-15(4-5-17(16)25-3)13-23-8-6-22(7-9-23)10-11-24-2/h4-5,12,14H,6-11,13H2,1-3H3. The molecule has 1 fully saturated rings. The lowest BCUT2D eigenvalue weighted by Crippen LogP contribution is -2.46. The molecule has 0 aliphatic carbocycles. The molecule has 0 N–H and O–H groups in total. The van der Waals surface area contributed by atoms with E-state index in [2.05, 4.69) is 32.0 Å². The van der Waals surface area contributed by atoms with E-state index in [4.69, 9.17) is 9.47 Å². The molecule has 25 heavy (non-hydrogen) atoms. The molecule has 0 atom stereocenters. The van der Waals surface area contributed by atoms with E-state index in [9.17, 15) is 0 Å². The van der Waals surface area contributed by atoms with E-state index in [1.807, 2.05) is 13.1 Å². The maximum atomic E-state index is 5.51. The number of methoxy groups -OCH3 is 2. The molecule has 0 bridgehead atoms. The summed E-state index contributed by atoms with van der Waals surface area (Å²) < 4.78 is 12.4. The van der Waals surface area contributed by atoms with Gasteiger partial charge in [-0.25, -0.2) is 9.67 Å². The minimum Gasteiger partial charge on any atom is -0.496 e. The Morgan fingerprint density at radius 2 is 1.84 bits per heavy atom. The lowest BCUT2D eigenvalue weighted by molar-refractivity contribution is 0.0938. The lowest BCUT2D eigenvalue weighted by atomic mass is 10.1. The Labute approximate surface area is 149 Å². The molecule has 1 aromatic carbocycles. The van der Waals surface area contributed by atoms with Crippen molar-refractivity contribution in [3.8, 4) is 17.1 Å². The Kier molecular flexibility index (Phi) is 6.01. The molecule has 1 aliphatic heterocycles. The van der Waals surface area contributed by atoms with E-state index >= 15 is 0 Å². The van der Waals surface area contributed by atoms with Gasteiger partial charge in [0, 0.05) is 53.4 Å². The van der Waals surface area contributed by atoms with Gasteiger partial charge in [0.1, 0.15) is 12.1 Å². The maximum absolute atomic E-state index is 5.51. The number of aryl methyl sites for hydroxylation is 1. The quantitative estimate of drug-likeness (QED) is 0.753. The van der Waals surface area contributed by atoms with Crippen LogP contribution in [-0.2, 0) is 18.3 Å². The van der Waals surface area contributed by atoms with Crippen molar-refractivity contribution in [1.29, 1.82) is 0 Å². The molecule has 2 heterocycles. The number of benzene rings is 1. The fraction of sp³-hybridized carbons (Fsp3) is 0.556. The van der Waals surface area contributed by atoms with Gasteiger partial charge in [-0.05, 0) is 17.7 Å². The Morgan fingerprint density at radius 1 is 1.08 bits per heavy atom. The van der Waals surface area contributed by atoms with E-state index < -0.39 is 0 Å². The summed E-state index contributed by atoms with van der Waals surface area (Å²) >= 11 is 0. The predicted octanol–water partition coefficient (Wildman–Crippen LogP) is 1.25. The van der Waals surface area contributed by atoms with Crippen molar-refractivity contribution < 1.29 is 9.47 Å². The minimum atomic E-state index is 0.805. The summed E-state index contributed by atoms with van der Waals surface area (Å²) in [6.45, 7) is 7.10. The van der Waals surface area contributed by atoms with E-state index in [1.165, 1.54) is 5.56 Å². The van der Waals surface area contributed by atoms with Crippen LogP contribution in [0.25, 0.3) is 11.4 Å². The summed E-state index contributed by atoms with van der Waals surface area (Å²) in [4.78, 5) is 9.31. The summed E-state index contributed by atoms with van der Waals surface area (Å²) in [6.07, 6.45) is 1.57. The molecule has 1 aliphatic rings. The Balaban J connectivity index is 1.67. The predicted molar refractivity (Wildman–Crippen MR) is 96.6 cm³/mol. The van der Waals surface area contributed by atoms with Crippen molar-refractivity contribution in [1.82, 2.24) is 24.6 Å². The number of ether oxygens (including phenoxy) is 2. The zero-order valence-corrected chi connectivity index (χ0v) is 15.3. The third-order valence-electron chi connectivity index (χ3n) is 4.70. The normalized spacial score (nSPS) is 16.3. The Hall–Kier alpha value is -1.96. The summed E-state index contributed by atoms with van der Waals surface area (Å²) in [6, 6.07) is 6.32. The number of nitrogens with zero attached hydrogens (tertiary/aromatic N) is 5. The highest BCUT2D eigenvalue weighted by Gasteiger charge is 2.18. The Morgan fingerprint density at radius 3 is 2.48 bits per heavy atom. The third kappa shape index (κ3) is 4.36. The molecule has 0 saturated carbocycles. The number of piperazine rings is 1. The Bertz CT molecular complexity index is 680. The number of hydrogen-bond acceptors (Lipinski definition) is 6. The second-order valence-electron chi connectivity index (χ2n) is 6.35. The highest BCUT2D eigenvalue weighted by molar-refractivity contribution is 5.65. The highest BCUT2D eigenvalue weighted by atomic mass is 16.5. The van der Waals surface area contributed by atoms with Gasteiger partial charge in [-0.1, -0.05) is 6.07 Å². The van der Waals surface area contributed by atoms with Gasteiger partial charge in [0.15, 0.2) is 5.82 Å². The van der Waals surface area contributed by atoms with Crippen molar-refractivity contribution in [2.75, 3.05) is 53.6 Å². The summed E-state index contributed by atoms with van der Waals surface area (Å²) in [5.41, 5.74) is 2.25. The topological polar surface area (TPSA) is 55.6 Å². The molecule has 0 amide bonds. The van der Waals surface area contributed by atoms with Gasteiger partial charge in [0.25, 0.3) is 0 Å². The summed E-state index contributed by atoms with van der Waals surface area (Å²) in [5.74, 6) is 1.65. The van der Waals surface area contributed by atoms with Gasteiger partial charge in [-0.15, -0.1) is 0 Å². The van der Waals surface area contributed by atoms with Crippen LogP contribution in [0.2, 0.25) is 0 Å². The van der Waals surface area contributed by atoms with Crippen LogP contribution in [0, 0.1) is 0 Å². The second-order valence-corrected chi connectivity index (χ2v) is 6.35. The minimum absolute atomic E-state index is 0.805. The van der Waals surface area contributed by atoms with Crippen molar-refractivity contribution in [3.05, 3.63) is 30.1 Å². The van der Waals surface area contributed by atoms with E-state index in [0.717, 1.165) is 63.0 Å². The molecular weight excluding hydrogens is 318 g/mol. The smallest absolute Gasteiger partial charge is 0.161 e. The van der Waals surface area contributed by atoms with E-state index in [0.29, 0.717) is 0 Å². The van der Waals surface area contributed by atoms with Crippen LogP contribution in [0.3, 0.4) is 0 Å². The second kappa shape index (κ2) is 8.42. The van der Waals surface area contributed by atoms with Crippen molar-refractivity contribution in [3.63, 3.8) is 0 Å². The summed E-state index contributed by atoms with van der Waals surface area (Å²) in [7, 11) is 5.34. The number of aromatic nitrogens is 3. The van der Waals surface area contributed by atoms with Crippen molar-refractivity contribution in [2.24, 2.45) is 7.05 Å². The molecule has 3 rings (SSSR count). The first-order valence-corrected chi connectivity index (χ1v) is 8.66. The zero-order chi connectivity index (χ0) is 17.6. The monoisotopic (exact) mass is 345 g/mol. The van der Waals surface area contributed by atoms with Crippen molar-refractivity contribution in [2.45, 2.75) is 6.54 Å². The van der Waals surface area contributed by atoms with Gasteiger partial charge in [0.2, 0.25) is 0 Å². The molecule has 0 unspecified atom stereocenters. The van der Waals surface area contributed by atoms with Crippen LogP contribution < -0.4 is 4.74 Å². The molecule has 136 valence electrons. The van der Waals surface area contributed by atoms with Gasteiger partial charge in [0.05, 0.1) is 19.3 Å². The first-order chi connectivity index (χ1) is 12.2. The highest BCUT2D eigenvalue weighted by Crippen LogP contribution is 2.29. The van der Waals surface area contributed by atoms with Crippen LogP contribution >= 0.6 is 0 Å². The average molecular weight is 345 g/mol. The number of rotatable bonds is 7. The first kappa shape index (κ1) is 17.8. The number of hydrogen-bond donors (Lipinski definition) is 0. The zero-order valence-electron chi connectivity index (χ0n) is 15.3. The van der Waals surface area contributed by atoms with Gasteiger partial charge in [-0.2, -0.15) is 5.10 Å². The van der Waals surface area contributed by atoms with Gasteiger partial charge in [-0.3, -0.25) is 9.80 Å². The fourth-order valence-electron chi connectivity index (χ4n) is 3.22. The van der Waals surface area contributed by atoms with E-state index in [-0.39, 0.29) is 0 Å². The largest absolute Gasteiger partial charge is 0.496 e. The molecule has 7 heteroatoms.